The summed E-state index contributed by atoms with van der Waals surface area (Å²) in [5.41, 5.74) is -2.32. The van der Waals surface area contributed by atoms with Crippen molar-refractivity contribution in [2.24, 2.45) is 0 Å². The second-order valence-corrected chi connectivity index (χ2v) is 4.56. The van der Waals surface area contributed by atoms with Crippen molar-refractivity contribution in [3.8, 4) is 0 Å². The molecule has 1 aliphatic rings. The number of halogens is 1. The largest absolute Gasteiger partial charge is 0.394 e. The molecule has 1 fully saturated rings. The number of rotatable bonds is 2. The van der Waals surface area contributed by atoms with Gasteiger partial charge in [-0.1, -0.05) is 0 Å². The van der Waals surface area contributed by atoms with Crippen molar-refractivity contribution in [2.45, 2.75) is 38.0 Å². The van der Waals surface area contributed by atoms with Gasteiger partial charge in [-0.3, -0.25) is 4.57 Å². The Hall–Kier alpha value is -1.31. The molecule has 100 valence electrons. The molecular weight excluding hydrogens is 243 g/mol. The Labute approximate surface area is 103 Å². The maximum absolute atomic E-state index is 14.4. The average molecular weight is 258 g/mol. The van der Waals surface area contributed by atoms with E-state index < -0.39 is 36.4 Å². The van der Waals surface area contributed by atoms with E-state index in [1.54, 1.807) is 13.0 Å². The number of aliphatic hydroxyl groups is 2. The van der Waals surface area contributed by atoms with Gasteiger partial charge in [-0.15, -0.1) is 0 Å². The molecule has 0 spiro atoms. The van der Waals surface area contributed by atoms with Crippen molar-refractivity contribution in [2.75, 3.05) is 6.61 Å². The summed E-state index contributed by atoms with van der Waals surface area (Å²) in [7, 11) is 0. The molecule has 1 aromatic heterocycles. The topological polar surface area (TPSA) is 84.6 Å². The van der Waals surface area contributed by atoms with Crippen LogP contribution in [-0.2, 0) is 4.74 Å². The number of hydrogen-bond acceptors (Lipinski definition) is 5. The Morgan fingerprint density at radius 2 is 2.33 bits per heavy atom. The standard InChI is InChI=1S/C11H15FN2O4/c1-6-3-4-14(10(17)13-6)9-11(2,12)8(16)7(5-15)18-9/h3-4,7-9,15-16H,5H2,1-2H3/t7-,8?,9-,11-/m1/s1. The first-order valence-corrected chi connectivity index (χ1v) is 5.57. The van der Waals surface area contributed by atoms with Crippen LogP contribution in [0.15, 0.2) is 17.1 Å². The zero-order chi connectivity index (χ0) is 13.5. The van der Waals surface area contributed by atoms with Crippen LogP contribution in [-0.4, -0.2) is 44.2 Å². The minimum Gasteiger partial charge on any atom is -0.394 e. The molecule has 6 nitrogen and oxygen atoms in total. The summed E-state index contributed by atoms with van der Waals surface area (Å²) in [4.78, 5) is 15.4. The maximum Gasteiger partial charge on any atom is 0.349 e. The van der Waals surface area contributed by atoms with Crippen LogP contribution in [0.25, 0.3) is 0 Å². The molecule has 18 heavy (non-hydrogen) atoms. The van der Waals surface area contributed by atoms with Crippen LogP contribution in [0.2, 0.25) is 0 Å². The Balaban J connectivity index is 2.42. The molecule has 0 saturated carbocycles. The zero-order valence-electron chi connectivity index (χ0n) is 10.1. The molecule has 2 rings (SSSR count). The number of aromatic nitrogens is 2. The maximum atomic E-state index is 14.4. The Bertz CT molecular complexity index is 502. The predicted molar refractivity (Wildman–Crippen MR) is 59.7 cm³/mol. The minimum absolute atomic E-state index is 0.508. The van der Waals surface area contributed by atoms with E-state index in [9.17, 15) is 14.3 Å². The van der Waals surface area contributed by atoms with Gasteiger partial charge in [-0.05, 0) is 19.9 Å². The molecule has 2 heterocycles. The van der Waals surface area contributed by atoms with Gasteiger partial charge in [0.15, 0.2) is 11.9 Å². The van der Waals surface area contributed by atoms with E-state index in [0.29, 0.717) is 5.69 Å². The van der Waals surface area contributed by atoms with E-state index in [1.807, 2.05) is 0 Å². The lowest BCUT2D eigenvalue weighted by atomic mass is 9.98. The van der Waals surface area contributed by atoms with E-state index in [1.165, 1.54) is 6.20 Å². The molecule has 1 unspecified atom stereocenters. The van der Waals surface area contributed by atoms with Crippen molar-refractivity contribution >= 4 is 0 Å². The zero-order valence-corrected chi connectivity index (χ0v) is 10.1. The summed E-state index contributed by atoms with van der Waals surface area (Å²) in [6, 6.07) is 1.54. The number of ether oxygens (including phenoxy) is 1. The lowest BCUT2D eigenvalue weighted by Crippen LogP contribution is -2.42. The van der Waals surface area contributed by atoms with E-state index in [4.69, 9.17) is 9.84 Å². The van der Waals surface area contributed by atoms with Gasteiger partial charge in [0.2, 0.25) is 0 Å². The molecular formula is C11H15FN2O4. The van der Waals surface area contributed by atoms with Crippen molar-refractivity contribution in [3.05, 3.63) is 28.4 Å². The highest BCUT2D eigenvalue weighted by atomic mass is 19.1. The first kappa shape index (κ1) is 13.1. The highest BCUT2D eigenvalue weighted by Crippen LogP contribution is 2.40. The van der Waals surface area contributed by atoms with Gasteiger partial charge in [-0.2, -0.15) is 4.98 Å². The highest BCUT2D eigenvalue weighted by molar-refractivity contribution is 5.03. The van der Waals surface area contributed by atoms with Crippen molar-refractivity contribution < 1.29 is 19.3 Å². The molecule has 0 bridgehead atoms. The molecule has 0 aliphatic carbocycles. The predicted octanol–water partition coefficient (Wildman–Crippen LogP) is -0.469. The Kier molecular flexibility index (Phi) is 3.22. The molecule has 0 amide bonds. The molecule has 7 heteroatoms. The Morgan fingerprint density at radius 3 is 2.83 bits per heavy atom. The molecule has 1 saturated heterocycles. The smallest absolute Gasteiger partial charge is 0.349 e. The molecule has 0 aromatic carbocycles. The van der Waals surface area contributed by atoms with Crippen molar-refractivity contribution in [1.29, 1.82) is 0 Å². The fraction of sp³-hybridized carbons (Fsp3) is 0.636. The molecule has 2 N–H and O–H groups in total. The number of hydrogen-bond donors (Lipinski definition) is 2. The van der Waals surface area contributed by atoms with Crippen LogP contribution in [0.5, 0.6) is 0 Å². The number of nitrogens with zero attached hydrogens (tertiary/aromatic N) is 2. The summed E-state index contributed by atoms with van der Waals surface area (Å²) >= 11 is 0. The minimum atomic E-state index is -2.17. The van der Waals surface area contributed by atoms with Gasteiger partial charge in [0, 0.05) is 11.9 Å². The van der Waals surface area contributed by atoms with E-state index >= 15 is 0 Å². The summed E-state index contributed by atoms with van der Waals surface area (Å²) in [6.45, 7) is 2.25. The normalized spacial score (nSPS) is 35.9. The highest BCUT2D eigenvalue weighted by Gasteiger charge is 2.55. The average Bonchev–Trinajstić information content (AvgIpc) is 2.52. The third-order valence-electron chi connectivity index (χ3n) is 3.12. The quantitative estimate of drug-likeness (QED) is 0.749. The van der Waals surface area contributed by atoms with Gasteiger partial charge < -0.3 is 14.9 Å². The van der Waals surface area contributed by atoms with Gasteiger partial charge in [-0.25, -0.2) is 9.18 Å². The first-order chi connectivity index (χ1) is 8.37. The summed E-state index contributed by atoms with van der Waals surface area (Å²) in [6.07, 6.45) is -2.50. The number of aryl methyl sites for hydroxylation is 1. The third kappa shape index (κ3) is 1.94. The molecule has 0 radical (unpaired) electrons. The van der Waals surface area contributed by atoms with Gasteiger partial charge in [0.1, 0.15) is 12.2 Å². The first-order valence-electron chi connectivity index (χ1n) is 5.57. The fourth-order valence-corrected chi connectivity index (χ4v) is 2.04. The third-order valence-corrected chi connectivity index (χ3v) is 3.12. The summed E-state index contributed by atoms with van der Waals surface area (Å²) in [5.74, 6) is 0. The van der Waals surface area contributed by atoms with Gasteiger partial charge in [0.25, 0.3) is 0 Å². The Morgan fingerprint density at radius 1 is 1.67 bits per heavy atom. The van der Waals surface area contributed by atoms with Crippen LogP contribution >= 0.6 is 0 Å². The monoisotopic (exact) mass is 258 g/mol. The lowest BCUT2D eigenvalue weighted by molar-refractivity contribution is -0.0611. The van der Waals surface area contributed by atoms with Crippen molar-refractivity contribution in [1.82, 2.24) is 9.55 Å². The summed E-state index contributed by atoms with van der Waals surface area (Å²) in [5, 5.41) is 18.7. The number of aliphatic hydroxyl groups excluding tert-OH is 2. The van der Waals surface area contributed by atoms with E-state index in [-0.39, 0.29) is 0 Å². The van der Waals surface area contributed by atoms with Crippen LogP contribution in [0, 0.1) is 6.92 Å². The summed E-state index contributed by atoms with van der Waals surface area (Å²) < 4.78 is 20.6. The molecule has 1 aromatic rings. The van der Waals surface area contributed by atoms with Crippen molar-refractivity contribution in [3.63, 3.8) is 0 Å². The van der Waals surface area contributed by atoms with E-state index in [2.05, 4.69) is 4.98 Å². The van der Waals surface area contributed by atoms with E-state index in [0.717, 1.165) is 11.5 Å². The van der Waals surface area contributed by atoms with Gasteiger partial charge >= 0.3 is 5.69 Å². The van der Waals surface area contributed by atoms with Gasteiger partial charge in [0.05, 0.1) is 6.61 Å². The fourth-order valence-electron chi connectivity index (χ4n) is 2.04. The number of alkyl halides is 1. The SMILES string of the molecule is Cc1ccn([C@@H]2O[C@H](CO)C(O)[C@@]2(C)F)c(=O)n1. The second kappa shape index (κ2) is 4.42. The lowest BCUT2D eigenvalue weighted by Gasteiger charge is -2.24. The van der Waals surface area contributed by atoms with Crippen LogP contribution in [0.1, 0.15) is 18.8 Å². The van der Waals surface area contributed by atoms with Crippen LogP contribution < -0.4 is 5.69 Å². The second-order valence-electron chi connectivity index (χ2n) is 4.56. The van der Waals surface area contributed by atoms with Crippen LogP contribution in [0.3, 0.4) is 0 Å². The molecule has 4 atom stereocenters. The van der Waals surface area contributed by atoms with Crippen LogP contribution in [0.4, 0.5) is 4.39 Å². The molecule has 1 aliphatic heterocycles.